The second-order valence-electron chi connectivity index (χ2n) is 5.99. The summed E-state index contributed by atoms with van der Waals surface area (Å²) in [6, 6.07) is 8.10. The van der Waals surface area contributed by atoms with Crippen molar-refractivity contribution in [1.29, 1.82) is 0 Å². The maximum Gasteiger partial charge on any atom is 0.224 e. The number of nitrogens with one attached hydrogen (secondary N) is 1. The highest BCUT2D eigenvalue weighted by atomic mass is 16.1. The number of fused-ring (bicyclic) bond motifs is 1. The maximum atomic E-state index is 12.1. The predicted molar refractivity (Wildman–Crippen MR) is 91.2 cm³/mol. The molecule has 0 radical (unpaired) electrons. The zero-order chi connectivity index (χ0) is 16.9. The molecule has 0 saturated heterocycles. The average molecular weight is 326 g/mol. The van der Waals surface area contributed by atoms with Crippen molar-refractivity contribution in [3.63, 3.8) is 0 Å². The molecule has 1 atom stereocenters. The van der Waals surface area contributed by atoms with E-state index in [9.17, 15) is 4.79 Å². The molecular weight excluding hydrogens is 304 g/mol. The standard InChI is InChI=1S/C17H22N6O/c1-13(10-23-12-18-11-20-23)17(24)19-9-5-8-16-21-14-6-3-4-7-15(14)22(16)2/h3-4,6-7,11-13H,5,8-10H2,1-2H3,(H,19,24)/t13-/m0/s1. The molecule has 0 spiro atoms. The molecule has 2 heterocycles. The monoisotopic (exact) mass is 326 g/mol. The number of carbonyl (C=O) groups is 1. The van der Waals surface area contributed by atoms with Crippen LogP contribution in [0.4, 0.5) is 0 Å². The molecule has 3 rings (SSSR count). The zero-order valence-electron chi connectivity index (χ0n) is 14.0. The molecule has 126 valence electrons. The summed E-state index contributed by atoms with van der Waals surface area (Å²) in [5, 5.41) is 7.00. The fourth-order valence-corrected chi connectivity index (χ4v) is 2.74. The summed E-state index contributed by atoms with van der Waals surface area (Å²) >= 11 is 0. The van der Waals surface area contributed by atoms with Crippen molar-refractivity contribution in [2.75, 3.05) is 6.54 Å². The number of para-hydroxylation sites is 2. The fourth-order valence-electron chi connectivity index (χ4n) is 2.74. The van der Waals surface area contributed by atoms with Gasteiger partial charge in [0.25, 0.3) is 0 Å². The molecule has 0 aliphatic rings. The molecule has 2 aromatic heterocycles. The van der Waals surface area contributed by atoms with Crippen LogP contribution in [0.5, 0.6) is 0 Å². The SMILES string of the molecule is C[C@@H](Cn1cncn1)C(=O)NCCCc1nc2ccccc2n1C. The van der Waals surface area contributed by atoms with Crippen molar-refractivity contribution in [1.82, 2.24) is 29.6 Å². The van der Waals surface area contributed by atoms with Crippen LogP contribution in [0.15, 0.2) is 36.9 Å². The van der Waals surface area contributed by atoms with E-state index in [1.54, 1.807) is 11.0 Å². The Bertz CT molecular complexity index is 808. The van der Waals surface area contributed by atoms with Crippen molar-refractivity contribution < 1.29 is 4.79 Å². The second-order valence-corrected chi connectivity index (χ2v) is 5.99. The van der Waals surface area contributed by atoms with E-state index in [1.165, 1.54) is 6.33 Å². The van der Waals surface area contributed by atoms with Gasteiger partial charge in [0.2, 0.25) is 5.91 Å². The number of imidazole rings is 1. The Morgan fingerprint density at radius 1 is 1.33 bits per heavy atom. The van der Waals surface area contributed by atoms with Gasteiger partial charge in [-0.1, -0.05) is 19.1 Å². The number of carbonyl (C=O) groups excluding carboxylic acids is 1. The number of benzene rings is 1. The molecule has 24 heavy (non-hydrogen) atoms. The van der Waals surface area contributed by atoms with Crippen molar-refractivity contribution >= 4 is 16.9 Å². The van der Waals surface area contributed by atoms with Gasteiger partial charge in [-0.25, -0.2) is 9.97 Å². The first-order valence-electron chi connectivity index (χ1n) is 8.15. The number of hydrogen-bond donors (Lipinski definition) is 1. The molecule has 0 unspecified atom stereocenters. The van der Waals surface area contributed by atoms with Crippen LogP contribution in [-0.2, 0) is 24.8 Å². The lowest BCUT2D eigenvalue weighted by Crippen LogP contribution is -2.32. The molecular formula is C17H22N6O. The predicted octanol–water partition coefficient (Wildman–Crippen LogP) is 1.55. The molecule has 7 nitrogen and oxygen atoms in total. The Balaban J connectivity index is 1.46. The van der Waals surface area contributed by atoms with E-state index < -0.39 is 0 Å². The minimum atomic E-state index is -0.137. The first-order chi connectivity index (χ1) is 11.6. The minimum absolute atomic E-state index is 0.0375. The molecule has 1 amide bonds. The lowest BCUT2D eigenvalue weighted by atomic mass is 10.1. The highest BCUT2D eigenvalue weighted by Crippen LogP contribution is 2.15. The van der Waals surface area contributed by atoms with Crippen LogP contribution in [-0.4, -0.2) is 36.8 Å². The number of hydrogen-bond acceptors (Lipinski definition) is 4. The third-order valence-corrected chi connectivity index (χ3v) is 4.13. The van der Waals surface area contributed by atoms with Gasteiger partial charge in [0.1, 0.15) is 18.5 Å². The summed E-state index contributed by atoms with van der Waals surface area (Å²) in [6.45, 7) is 3.07. The zero-order valence-corrected chi connectivity index (χ0v) is 14.0. The van der Waals surface area contributed by atoms with Crippen molar-refractivity contribution in [3.05, 3.63) is 42.7 Å². The number of rotatable bonds is 7. The van der Waals surface area contributed by atoms with Gasteiger partial charge in [-0.2, -0.15) is 5.10 Å². The molecule has 0 fully saturated rings. The van der Waals surface area contributed by atoms with E-state index in [0.29, 0.717) is 13.1 Å². The van der Waals surface area contributed by atoms with E-state index in [2.05, 4.69) is 31.0 Å². The van der Waals surface area contributed by atoms with Gasteiger partial charge < -0.3 is 9.88 Å². The molecule has 3 aromatic rings. The van der Waals surface area contributed by atoms with Gasteiger partial charge >= 0.3 is 0 Å². The Hall–Kier alpha value is -2.70. The van der Waals surface area contributed by atoms with Crippen LogP contribution in [0.1, 0.15) is 19.2 Å². The Kier molecular flexibility index (Phi) is 4.88. The third-order valence-electron chi connectivity index (χ3n) is 4.13. The van der Waals surface area contributed by atoms with Gasteiger partial charge in [-0.05, 0) is 18.6 Å². The van der Waals surface area contributed by atoms with Crippen LogP contribution in [0.3, 0.4) is 0 Å². The molecule has 7 heteroatoms. The van der Waals surface area contributed by atoms with Crippen LogP contribution in [0, 0.1) is 5.92 Å². The Labute approximate surface area is 140 Å². The molecule has 1 N–H and O–H groups in total. The van der Waals surface area contributed by atoms with Crippen LogP contribution in [0.25, 0.3) is 11.0 Å². The van der Waals surface area contributed by atoms with E-state index in [1.807, 2.05) is 32.2 Å². The summed E-state index contributed by atoms with van der Waals surface area (Å²) in [5.41, 5.74) is 2.15. The normalized spacial score (nSPS) is 12.4. The molecule has 1 aromatic carbocycles. The average Bonchev–Trinajstić information content (AvgIpc) is 3.20. The summed E-state index contributed by atoms with van der Waals surface area (Å²) in [6.07, 6.45) is 4.79. The van der Waals surface area contributed by atoms with E-state index in [-0.39, 0.29) is 11.8 Å². The largest absolute Gasteiger partial charge is 0.356 e. The summed E-state index contributed by atoms with van der Waals surface area (Å²) < 4.78 is 3.79. The molecule has 0 saturated carbocycles. The van der Waals surface area contributed by atoms with Crippen molar-refractivity contribution in [2.45, 2.75) is 26.3 Å². The summed E-state index contributed by atoms with van der Waals surface area (Å²) in [4.78, 5) is 20.6. The summed E-state index contributed by atoms with van der Waals surface area (Å²) in [5.74, 6) is 0.944. The van der Waals surface area contributed by atoms with E-state index >= 15 is 0 Å². The summed E-state index contributed by atoms with van der Waals surface area (Å²) in [7, 11) is 2.03. The lowest BCUT2D eigenvalue weighted by Gasteiger charge is -2.11. The van der Waals surface area contributed by atoms with Gasteiger partial charge in [0, 0.05) is 20.0 Å². The number of aryl methyl sites for hydroxylation is 2. The quantitative estimate of drug-likeness (QED) is 0.668. The number of aromatic nitrogens is 5. The van der Waals surface area contributed by atoms with E-state index in [0.717, 1.165) is 29.7 Å². The molecule has 0 aliphatic carbocycles. The minimum Gasteiger partial charge on any atom is -0.356 e. The van der Waals surface area contributed by atoms with Gasteiger partial charge in [0.15, 0.2) is 0 Å². The van der Waals surface area contributed by atoms with Crippen LogP contribution >= 0.6 is 0 Å². The number of nitrogens with zero attached hydrogens (tertiary/aromatic N) is 5. The van der Waals surface area contributed by atoms with Gasteiger partial charge in [-0.15, -0.1) is 0 Å². The second kappa shape index (κ2) is 7.25. The van der Waals surface area contributed by atoms with Crippen molar-refractivity contribution in [2.24, 2.45) is 13.0 Å². The van der Waals surface area contributed by atoms with E-state index in [4.69, 9.17) is 0 Å². The molecule has 0 aliphatic heterocycles. The maximum absolute atomic E-state index is 12.1. The lowest BCUT2D eigenvalue weighted by molar-refractivity contribution is -0.124. The highest BCUT2D eigenvalue weighted by Gasteiger charge is 2.13. The Morgan fingerprint density at radius 3 is 2.92 bits per heavy atom. The van der Waals surface area contributed by atoms with Gasteiger partial charge in [0.05, 0.1) is 23.5 Å². The smallest absolute Gasteiger partial charge is 0.224 e. The molecule has 0 bridgehead atoms. The van der Waals surface area contributed by atoms with Crippen LogP contribution < -0.4 is 5.32 Å². The first kappa shape index (κ1) is 16.2. The Morgan fingerprint density at radius 2 is 2.17 bits per heavy atom. The first-order valence-corrected chi connectivity index (χ1v) is 8.15. The number of amides is 1. The highest BCUT2D eigenvalue weighted by molar-refractivity contribution is 5.78. The van der Waals surface area contributed by atoms with Gasteiger partial charge in [-0.3, -0.25) is 9.48 Å². The third kappa shape index (κ3) is 3.61. The van der Waals surface area contributed by atoms with Crippen molar-refractivity contribution in [3.8, 4) is 0 Å². The van der Waals surface area contributed by atoms with Crippen LogP contribution in [0.2, 0.25) is 0 Å². The fraction of sp³-hybridized carbons (Fsp3) is 0.412. The topological polar surface area (TPSA) is 77.6 Å².